The molecule has 0 aliphatic heterocycles. The van der Waals surface area contributed by atoms with Crippen LogP contribution in [-0.4, -0.2) is 10.9 Å². The number of carbonyl (C=O) groups is 1. The number of para-hydroxylation sites is 1. The summed E-state index contributed by atoms with van der Waals surface area (Å²) in [6.07, 6.45) is 0. The minimum Gasteiger partial charge on any atom is -0.322 e. The summed E-state index contributed by atoms with van der Waals surface area (Å²) in [5.74, 6) is -0.216. The van der Waals surface area contributed by atoms with E-state index in [9.17, 15) is 4.79 Å². The monoisotopic (exact) mass is 470 g/mol. The fourth-order valence-electron chi connectivity index (χ4n) is 2.93. The van der Waals surface area contributed by atoms with E-state index in [1.165, 1.54) is 0 Å². The van der Waals surface area contributed by atoms with Crippen LogP contribution in [0.1, 0.15) is 10.4 Å². The van der Waals surface area contributed by atoms with E-state index in [1.54, 1.807) is 24.3 Å². The second kappa shape index (κ2) is 7.92. The third-order valence-electron chi connectivity index (χ3n) is 4.27. The Labute approximate surface area is 180 Å². The van der Waals surface area contributed by atoms with Crippen molar-refractivity contribution in [2.24, 2.45) is 0 Å². The summed E-state index contributed by atoms with van der Waals surface area (Å²) >= 11 is 15.8. The number of benzene rings is 3. The Morgan fingerprint density at radius 1 is 0.929 bits per heavy atom. The number of hydrogen-bond donors (Lipinski definition) is 1. The average molecular weight is 472 g/mol. The number of hydrogen-bond acceptors (Lipinski definition) is 2. The fourth-order valence-corrected chi connectivity index (χ4v) is 3.70. The van der Waals surface area contributed by atoms with Gasteiger partial charge in [0, 0.05) is 26.1 Å². The molecular weight excluding hydrogens is 459 g/mol. The van der Waals surface area contributed by atoms with E-state index in [1.807, 2.05) is 48.5 Å². The van der Waals surface area contributed by atoms with E-state index < -0.39 is 0 Å². The first kappa shape index (κ1) is 18.9. The molecule has 0 aliphatic rings. The van der Waals surface area contributed by atoms with E-state index in [0.29, 0.717) is 32.5 Å². The number of nitrogens with one attached hydrogen (secondary N) is 1. The molecule has 0 fully saturated rings. The Morgan fingerprint density at radius 2 is 1.68 bits per heavy atom. The number of fused-ring (bicyclic) bond motifs is 1. The Hall–Kier alpha value is -2.40. The minimum absolute atomic E-state index is 0.216. The van der Waals surface area contributed by atoms with E-state index in [0.717, 1.165) is 15.4 Å². The minimum atomic E-state index is -0.216. The predicted molar refractivity (Wildman–Crippen MR) is 119 cm³/mol. The molecule has 4 rings (SSSR count). The van der Waals surface area contributed by atoms with Gasteiger partial charge in [-0.1, -0.05) is 57.3 Å². The summed E-state index contributed by atoms with van der Waals surface area (Å²) in [6.45, 7) is 0. The summed E-state index contributed by atoms with van der Waals surface area (Å²) in [5, 5.41) is 4.73. The normalized spacial score (nSPS) is 10.8. The molecule has 6 heteroatoms. The maximum absolute atomic E-state index is 13.0. The molecule has 0 saturated heterocycles. The highest BCUT2D eigenvalue weighted by Gasteiger charge is 2.15. The van der Waals surface area contributed by atoms with Crippen molar-refractivity contribution in [3.05, 3.63) is 92.9 Å². The molecule has 0 radical (unpaired) electrons. The van der Waals surface area contributed by atoms with Crippen molar-refractivity contribution in [2.45, 2.75) is 0 Å². The van der Waals surface area contributed by atoms with E-state index in [-0.39, 0.29) is 5.91 Å². The van der Waals surface area contributed by atoms with Gasteiger partial charge in [0.15, 0.2) is 0 Å². The van der Waals surface area contributed by atoms with Gasteiger partial charge >= 0.3 is 0 Å². The first-order valence-corrected chi connectivity index (χ1v) is 9.98. The largest absolute Gasteiger partial charge is 0.322 e. The van der Waals surface area contributed by atoms with Gasteiger partial charge in [-0.05, 0) is 54.6 Å². The maximum atomic E-state index is 13.0. The highest BCUT2D eigenvalue weighted by atomic mass is 79.9. The predicted octanol–water partition coefficient (Wildman–Crippen LogP) is 7.22. The Morgan fingerprint density at radius 3 is 2.43 bits per heavy atom. The summed E-state index contributed by atoms with van der Waals surface area (Å²) in [6, 6.07) is 21.9. The molecule has 0 aliphatic carbocycles. The van der Waals surface area contributed by atoms with E-state index in [2.05, 4.69) is 26.2 Å². The first-order valence-electron chi connectivity index (χ1n) is 8.43. The van der Waals surface area contributed by atoms with Gasteiger partial charge in [0.25, 0.3) is 5.91 Å². The number of anilines is 1. The van der Waals surface area contributed by atoms with Gasteiger partial charge < -0.3 is 5.32 Å². The van der Waals surface area contributed by atoms with Gasteiger partial charge in [0.05, 0.1) is 21.8 Å². The smallest absolute Gasteiger partial charge is 0.256 e. The molecule has 1 N–H and O–H groups in total. The zero-order chi connectivity index (χ0) is 19.7. The molecular formula is C22H13BrCl2N2O. The lowest BCUT2D eigenvalue weighted by molar-refractivity contribution is 0.102. The number of halogens is 3. The quantitative estimate of drug-likeness (QED) is 0.342. The molecule has 3 aromatic carbocycles. The summed E-state index contributed by atoms with van der Waals surface area (Å²) in [7, 11) is 0. The van der Waals surface area contributed by atoms with E-state index in [4.69, 9.17) is 23.2 Å². The molecule has 1 aromatic heterocycles. The van der Waals surface area contributed by atoms with Gasteiger partial charge in [0.1, 0.15) is 0 Å². The molecule has 0 unspecified atom stereocenters. The molecule has 3 nitrogen and oxygen atoms in total. The zero-order valence-corrected chi connectivity index (χ0v) is 17.5. The van der Waals surface area contributed by atoms with Crippen LogP contribution in [0.15, 0.2) is 77.3 Å². The topological polar surface area (TPSA) is 42.0 Å². The molecule has 1 amide bonds. The molecule has 28 heavy (non-hydrogen) atoms. The van der Waals surface area contributed by atoms with Crippen molar-refractivity contribution in [3.63, 3.8) is 0 Å². The second-order valence-electron chi connectivity index (χ2n) is 6.16. The Bertz CT molecular complexity index is 1190. The lowest BCUT2D eigenvalue weighted by atomic mass is 10.0. The fraction of sp³-hybridized carbons (Fsp3) is 0. The SMILES string of the molecule is O=C(Nc1ccc(Br)cc1)c1cc(-c2ccc(Cl)cc2Cl)nc2ccccc12. The maximum Gasteiger partial charge on any atom is 0.256 e. The van der Waals surface area contributed by atoms with Crippen LogP contribution < -0.4 is 5.32 Å². The molecule has 0 atom stereocenters. The molecule has 138 valence electrons. The standard InChI is InChI=1S/C22H13BrCl2N2O/c23-13-5-8-15(9-6-13)26-22(28)18-12-21(17-10-7-14(24)11-19(17)25)27-20-4-2-1-3-16(18)20/h1-12H,(H,26,28). The van der Waals surface area contributed by atoms with Crippen LogP contribution in [0.4, 0.5) is 5.69 Å². The first-order chi connectivity index (χ1) is 13.5. The van der Waals surface area contributed by atoms with Crippen molar-refractivity contribution >= 4 is 61.6 Å². The molecule has 0 spiro atoms. The van der Waals surface area contributed by atoms with Gasteiger partial charge in [-0.2, -0.15) is 0 Å². The molecule has 1 heterocycles. The molecule has 0 bridgehead atoms. The third kappa shape index (κ3) is 3.90. The van der Waals surface area contributed by atoms with Crippen LogP contribution in [0.5, 0.6) is 0 Å². The lowest BCUT2D eigenvalue weighted by Gasteiger charge is -2.12. The van der Waals surface area contributed by atoms with Crippen molar-refractivity contribution in [2.75, 3.05) is 5.32 Å². The highest BCUT2D eigenvalue weighted by Crippen LogP contribution is 2.32. The van der Waals surface area contributed by atoms with Crippen LogP contribution in [0, 0.1) is 0 Å². The number of pyridine rings is 1. The second-order valence-corrected chi connectivity index (χ2v) is 7.92. The van der Waals surface area contributed by atoms with Crippen LogP contribution in [0.3, 0.4) is 0 Å². The molecule has 0 saturated carbocycles. The molecule has 4 aromatic rings. The Kier molecular flexibility index (Phi) is 5.36. The third-order valence-corrected chi connectivity index (χ3v) is 5.35. The Balaban J connectivity index is 1.82. The number of nitrogens with zero attached hydrogens (tertiary/aromatic N) is 1. The number of aromatic nitrogens is 1. The number of rotatable bonds is 3. The van der Waals surface area contributed by atoms with Crippen molar-refractivity contribution in [1.82, 2.24) is 4.98 Å². The van der Waals surface area contributed by atoms with Crippen molar-refractivity contribution < 1.29 is 4.79 Å². The van der Waals surface area contributed by atoms with Crippen LogP contribution in [0.25, 0.3) is 22.2 Å². The number of amides is 1. The lowest BCUT2D eigenvalue weighted by Crippen LogP contribution is -2.13. The summed E-state index contributed by atoms with van der Waals surface area (Å²) < 4.78 is 0.944. The van der Waals surface area contributed by atoms with Gasteiger partial charge in [-0.15, -0.1) is 0 Å². The van der Waals surface area contributed by atoms with Crippen LogP contribution >= 0.6 is 39.1 Å². The van der Waals surface area contributed by atoms with Crippen molar-refractivity contribution in [1.29, 1.82) is 0 Å². The van der Waals surface area contributed by atoms with Gasteiger partial charge in [-0.3, -0.25) is 4.79 Å². The average Bonchev–Trinajstić information content (AvgIpc) is 2.69. The van der Waals surface area contributed by atoms with Gasteiger partial charge in [0.2, 0.25) is 0 Å². The zero-order valence-electron chi connectivity index (χ0n) is 14.4. The summed E-state index contributed by atoms with van der Waals surface area (Å²) in [5.41, 5.74) is 3.28. The van der Waals surface area contributed by atoms with Crippen LogP contribution in [-0.2, 0) is 0 Å². The van der Waals surface area contributed by atoms with E-state index >= 15 is 0 Å². The van der Waals surface area contributed by atoms with Crippen molar-refractivity contribution in [3.8, 4) is 11.3 Å². The highest BCUT2D eigenvalue weighted by molar-refractivity contribution is 9.10. The summed E-state index contributed by atoms with van der Waals surface area (Å²) in [4.78, 5) is 17.7. The van der Waals surface area contributed by atoms with Crippen LogP contribution in [0.2, 0.25) is 10.0 Å². The van der Waals surface area contributed by atoms with Gasteiger partial charge in [-0.25, -0.2) is 4.98 Å². The number of carbonyl (C=O) groups excluding carboxylic acids is 1.